The highest BCUT2D eigenvalue weighted by Crippen LogP contribution is 2.25. The smallest absolute Gasteiger partial charge is 0.265 e. The summed E-state index contributed by atoms with van der Waals surface area (Å²) in [6, 6.07) is 3.36. The van der Waals surface area contributed by atoms with Gasteiger partial charge < -0.3 is 5.11 Å². The molecule has 0 saturated heterocycles. The van der Waals surface area contributed by atoms with Crippen molar-refractivity contribution in [3.8, 4) is 0 Å². The van der Waals surface area contributed by atoms with Gasteiger partial charge >= 0.3 is 0 Å². The van der Waals surface area contributed by atoms with E-state index in [0.29, 0.717) is 13.0 Å². The number of aromatic nitrogens is 2. The third-order valence-electron chi connectivity index (χ3n) is 2.64. The van der Waals surface area contributed by atoms with Crippen molar-refractivity contribution in [1.82, 2.24) is 9.78 Å². The van der Waals surface area contributed by atoms with Crippen LogP contribution in [0.5, 0.6) is 0 Å². The second-order valence-electron chi connectivity index (χ2n) is 4.25. The second-order valence-corrected chi connectivity index (χ2v) is 6.34. The lowest BCUT2D eigenvalue weighted by Gasteiger charge is -2.07. The number of sulfonamides is 1. The van der Waals surface area contributed by atoms with Crippen LogP contribution in [0.15, 0.2) is 35.5 Å². The summed E-state index contributed by atoms with van der Waals surface area (Å²) in [4.78, 5) is -0.0409. The summed E-state index contributed by atoms with van der Waals surface area (Å²) in [5, 5.41) is 12.6. The van der Waals surface area contributed by atoms with Crippen molar-refractivity contribution in [2.24, 2.45) is 0 Å². The van der Waals surface area contributed by atoms with Crippen LogP contribution in [0.4, 0.5) is 10.1 Å². The van der Waals surface area contributed by atoms with E-state index in [4.69, 9.17) is 16.7 Å². The molecule has 1 aromatic heterocycles. The number of benzene rings is 1. The molecule has 0 fully saturated rings. The van der Waals surface area contributed by atoms with E-state index in [-0.39, 0.29) is 22.2 Å². The second kappa shape index (κ2) is 6.42. The molecule has 1 heterocycles. The van der Waals surface area contributed by atoms with Crippen molar-refractivity contribution in [1.29, 1.82) is 0 Å². The van der Waals surface area contributed by atoms with Gasteiger partial charge in [-0.3, -0.25) is 9.40 Å². The molecule has 0 bridgehead atoms. The van der Waals surface area contributed by atoms with Crippen molar-refractivity contribution in [3.63, 3.8) is 0 Å². The van der Waals surface area contributed by atoms with Gasteiger partial charge in [-0.2, -0.15) is 5.10 Å². The summed E-state index contributed by atoms with van der Waals surface area (Å²) < 4.78 is 40.9. The van der Waals surface area contributed by atoms with Crippen molar-refractivity contribution in [2.45, 2.75) is 17.9 Å². The van der Waals surface area contributed by atoms with E-state index in [1.54, 1.807) is 0 Å². The minimum atomic E-state index is -3.86. The Bertz CT molecular complexity index is 733. The van der Waals surface area contributed by atoms with Crippen LogP contribution < -0.4 is 4.72 Å². The van der Waals surface area contributed by atoms with Crippen LogP contribution in [0, 0.1) is 5.82 Å². The summed E-state index contributed by atoms with van der Waals surface area (Å²) in [5.41, 5.74) is 0.0844. The van der Waals surface area contributed by atoms with Crippen molar-refractivity contribution in [3.05, 3.63) is 41.4 Å². The molecule has 0 aliphatic heterocycles. The minimum absolute atomic E-state index is 0.00855. The number of hydrogen-bond donors (Lipinski definition) is 2. The molecule has 1 aromatic carbocycles. The third-order valence-corrected chi connectivity index (χ3v) is 4.27. The molecule has 21 heavy (non-hydrogen) atoms. The fourth-order valence-electron chi connectivity index (χ4n) is 1.61. The lowest BCUT2D eigenvalue weighted by molar-refractivity contribution is 0.277. The van der Waals surface area contributed by atoms with Crippen LogP contribution in [-0.4, -0.2) is 29.9 Å². The highest BCUT2D eigenvalue weighted by molar-refractivity contribution is 7.92. The Morgan fingerprint density at radius 3 is 2.86 bits per heavy atom. The van der Waals surface area contributed by atoms with Gasteiger partial charge in [0, 0.05) is 19.3 Å². The lowest BCUT2D eigenvalue weighted by atomic mass is 10.3. The first-order valence-corrected chi connectivity index (χ1v) is 7.89. The van der Waals surface area contributed by atoms with E-state index in [0.717, 1.165) is 12.1 Å². The van der Waals surface area contributed by atoms with Gasteiger partial charge in [0.1, 0.15) is 10.7 Å². The zero-order valence-corrected chi connectivity index (χ0v) is 12.4. The summed E-state index contributed by atoms with van der Waals surface area (Å²) >= 11 is 5.78. The summed E-state index contributed by atoms with van der Waals surface area (Å²) in [7, 11) is -3.86. The summed E-state index contributed by atoms with van der Waals surface area (Å²) in [6.07, 6.45) is 3.00. The van der Waals surface area contributed by atoms with Gasteiger partial charge in [0.15, 0.2) is 0 Å². The first-order chi connectivity index (χ1) is 9.92. The fourth-order valence-corrected chi connectivity index (χ4v) is 2.92. The first kappa shape index (κ1) is 15.7. The quantitative estimate of drug-likeness (QED) is 0.845. The van der Waals surface area contributed by atoms with Gasteiger partial charge in [0.2, 0.25) is 0 Å². The number of aryl methyl sites for hydroxylation is 1. The highest BCUT2D eigenvalue weighted by Gasteiger charge is 2.18. The Kier molecular flexibility index (Phi) is 4.81. The van der Waals surface area contributed by atoms with Gasteiger partial charge in [-0.25, -0.2) is 12.8 Å². The monoisotopic (exact) mass is 333 g/mol. The highest BCUT2D eigenvalue weighted by atomic mass is 35.5. The number of rotatable bonds is 6. The molecule has 9 heteroatoms. The van der Waals surface area contributed by atoms with Crippen molar-refractivity contribution >= 4 is 27.3 Å². The van der Waals surface area contributed by atoms with E-state index in [9.17, 15) is 12.8 Å². The molecule has 6 nitrogen and oxygen atoms in total. The molecule has 0 amide bonds. The van der Waals surface area contributed by atoms with Gasteiger partial charge in [-0.15, -0.1) is 0 Å². The van der Waals surface area contributed by atoms with Gasteiger partial charge in [0.25, 0.3) is 10.0 Å². The van der Waals surface area contributed by atoms with E-state index in [1.807, 2.05) is 0 Å². The number of hydrogen-bond acceptors (Lipinski definition) is 4. The maximum Gasteiger partial charge on any atom is 0.265 e. The van der Waals surface area contributed by atoms with Crippen LogP contribution in [0.25, 0.3) is 0 Å². The molecular weight excluding hydrogens is 321 g/mol. The SMILES string of the molecule is O=S(=O)(Nc1ccc(F)cc1Cl)c1cnn(CCCO)c1. The number of aliphatic hydroxyl groups is 1. The molecule has 0 aliphatic rings. The van der Waals surface area contributed by atoms with E-state index < -0.39 is 15.8 Å². The first-order valence-electron chi connectivity index (χ1n) is 6.03. The topological polar surface area (TPSA) is 84.2 Å². The van der Waals surface area contributed by atoms with Crippen molar-refractivity contribution in [2.75, 3.05) is 11.3 Å². The zero-order valence-electron chi connectivity index (χ0n) is 10.8. The minimum Gasteiger partial charge on any atom is -0.396 e. The molecule has 0 radical (unpaired) electrons. The number of aliphatic hydroxyl groups excluding tert-OH is 1. The average molecular weight is 334 g/mol. The number of nitrogens with zero attached hydrogens (tertiary/aromatic N) is 2. The predicted octanol–water partition coefficient (Wildman–Crippen LogP) is 1.86. The molecule has 0 saturated carbocycles. The molecule has 2 aromatic rings. The van der Waals surface area contributed by atoms with Crippen molar-refractivity contribution < 1.29 is 17.9 Å². The Labute approximate surface area is 126 Å². The Morgan fingerprint density at radius 1 is 1.43 bits per heavy atom. The third kappa shape index (κ3) is 3.93. The number of nitrogens with one attached hydrogen (secondary N) is 1. The maximum atomic E-state index is 12.9. The predicted molar refractivity (Wildman–Crippen MR) is 76.1 cm³/mol. The normalized spacial score (nSPS) is 11.6. The molecule has 114 valence electrons. The van der Waals surface area contributed by atoms with Gasteiger partial charge in [0.05, 0.1) is 16.9 Å². The molecule has 0 aliphatic carbocycles. The summed E-state index contributed by atoms with van der Waals surface area (Å²) in [6.45, 7) is 0.398. The molecule has 2 N–H and O–H groups in total. The van der Waals surface area contributed by atoms with Crippen LogP contribution in [-0.2, 0) is 16.6 Å². The molecular formula is C12H13ClFN3O3S. The standard InChI is InChI=1S/C12H13ClFN3O3S/c13-11-6-9(14)2-3-12(11)16-21(19,20)10-7-15-17(8-10)4-1-5-18/h2-3,6-8,16,18H,1,4-5H2. The van der Waals surface area contributed by atoms with Gasteiger partial charge in [-0.05, 0) is 24.6 Å². The average Bonchev–Trinajstić information content (AvgIpc) is 2.89. The summed E-state index contributed by atoms with van der Waals surface area (Å²) in [5.74, 6) is -0.556. The van der Waals surface area contributed by atoms with E-state index >= 15 is 0 Å². The van der Waals surface area contributed by atoms with Crippen LogP contribution in [0.2, 0.25) is 5.02 Å². The van der Waals surface area contributed by atoms with E-state index in [1.165, 1.54) is 23.1 Å². The Morgan fingerprint density at radius 2 is 2.19 bits per heavy atom. The Balaban J connectivity index is 2.19. The molecule has 2 rings (SSSR count). The van der Waals surface area contributed by atoms with Crippen LogP contribution in [0.1, 0.15) is 6.42 Å². The zero-order chi connectivity index (χ0) is 15.5. The van der Waals surface area contributed by atoms with Crippen LogP contribution >= 0.6 is 11.6 Å². The molecule has 0 unspecified atom stereocenters. The number of halogens is 2. The number of anilines is 1. The van der Waals surface area contributed by atoms with E-state index in [2.05, 4.69) is 9.82 Å². The fraction of sp³-hybridized carbons (Fsp3) is 0.250. The Hall–Kier alpha value is -1.64. The maximum absolute atomic E-state index is 12.9. The van der Waals surface area contributed by atoms with Crippen LogP contribution in [0.3, 0.4) is 0 Å². The molecule has 0 spiro atoms. The largest absolute Gasteiger partial charge is 0.396 e. The van der Waals surface area contributed by atoms with Gasteiger partial charge in [-0.1, -0.05) is 11.6 Å². The lowest BCUT2D eigenvalue weighted by Crippen LogP contribution is -2.12. The molecule has 0 atom stereocenters.